The van der Waals surface area contributed by atoms with E-state index in [4.69, 9.17) is 11.6 Å². The van der Waals surface area contributed by atoms with Gasteiger partial charge in [-0.2, -0.15) is 0 Å². The van der Waals surface area contributed by atoms with E-state index in [-0.39, 0.29) is 22.9 Å². The number of hydrogen-bond acceptors (Lipinski definition) is 6. The fraction of sp³-hybridized carbons (Fsp3) is 0.391. The third-order valence-electron chi connectivity index (χ3n) is 5.37. The largest absolute Gasteiger partial charge is 0.469 e. The van der Waals surface area contributed by atoms with Gasteiger partial charge in [0.1, 0.15) is 0 Å². The summed E-state index contributed by atoms with van der Waals surface area (Å²) in [4.78, 5) is 17.8. The van der Waals surface area contributed by atoms with Crippen molar-refractivity contribution in [3.8, 4) is 0 Å². The maximum atomic E-state index is 12.8. The number of hydrogen-bond donors (Lipinski definition) is 1. The van der Waals surface area contributed by atoms with E-state index in [9.17, 15) is 13.2 Å². The zero-order valence-corrected chi connectivity index (χ0v) is 19.6. The van der Waals surface area contributed by atoms with E-state index in [0.29, 0.717) is 37.4 Å². The predicted molar refractivity (Wildman–Crippen MR) is 124 cm³/mol. The molecule has 0 unspecified atom stereocenters. The Bertz CT molecular complexity index is 1010. The van der Waals surface area contributed by atoms with Gasteiger partial charge < -0.3 is 4.74 Å². The van der Waals surface area contributed by atoms with Gasteiger partial charge in [0, 0.05) is 49.0 Å². The number of pyridine rings is 1. The molecule has 32 heavy (non-hydrogen) atoms. The number of unbranched alkanes of at least 4 members (excludes halogenated alkanes) is 1. The first-order chi connectivity index (χ1) is 15.4. The Morgan fingerprint density at radius 3 is 2.66 bits per heavy atom. The Balaban J connectivity index is 1.66. The number of nitrogens with zero attached hydrogens (tertiary/aromatic N) is 2. The van der Waals surface area contributed by atoms with E-state index in [0.717, 1.165) is 12.0 Å². The summed E-state index contributed by atoms with van der Waals surface area (Å²) in [5.74, 6) is -0.213. The highest BCUT2D eigenvalue weighted by Crippen LogP contribution is 2.24. The molecule has 1 N–H and O–H groups in total. The van der Waals surface area contributed by atoms with Crippen LogP contribution in [0.15, 0.2) is 65.8 Å². The summed E-state index contributed by atoms with van der Waals surface area (Å²) >= 11 is 5.88. The first-order valence-corrected chi connectivity index (χ1v) is 12.4. The summed E-state index contributed by atoms with van der Waals surface area (Å²) in [6.45, 7) is 1.28. The third-order valence-corrected chi connectivity index (χ3v) is 7.16. The normalized spacial score (nSPS) is 19.4. The molecular weight excluding hydrogens is 450 g/mol. The van der Waals surface area contributed by atoms with Gasteiger partial charge >= 0.3 is 5.97 Å². The van der Waals surface area contributed by atoms with Crippen molar-refractivity contribution in [1.82, 2.24) is 14.6 Å². The molecule has 0 radical (unpaired) electrons. The van der Waals surface area contributed by atoms with Gasteiger partial charge in [-0.15, -0.1) is 0 Å². The monoisotopic (exact) mass is 477 g/mol. The van der Waals surface area contributed by atoms with E-state index < -0.39 is 10.0 Å². The fourth-order valence-electron chi connectivity index (χ4n) is 3.74. The van der Waals surface area contributed by atoms with Crippen molar-refractivity contribution in [2.75, 3.05) is 13.7 Å². The van der Waals surface area contributed by atoms with Crippen LogP contribution in [-0.2, 0) is 26.1 Å². The molecule has 0 bridgehead atoms. The molecule has 0 aliphatic carbocycles. The minimum absolute atomic E-state index is 0.0826. The molecule has 2 heterocycles. The van der Waals surface area contributed by atoms with Crippen molar-refractivity contribution >= 4 is 27.6 Å². The molecule has 1 saturated heterocycles. The number of allylic oxidation sites excluding steroid dienone is 1. The van der Waals surface area contributed by atoms with Crippen LogP contribution in [0.3, 0.4) is 0 Å². The number of nitrogens with one attached hydrogen (secondary N) is 1. The Hall–Kier alpha value is -2.26. The maximum Gasteiger partial charge on any atom is 0.305 e. The number of methoxy groups -OCH3 is 1. The summed E-state index contributed by atoms with van der Waals surface area (Å²) in [6, 6.07) is 9.94. The SMILES string of the molecule is COC(=O)CCC/C=C\[C@@H]1C[C@@H](NS(=O)(=O)c2ccc(Cl)cc2)CN1Cc1ccncc1. The van der Waals surface area contributed by atoms with Crippen LogP contribution in [0.2, 0.25) is 5.02 Å². The standard InChI is InChI=1S/C23H28ClN3O4S/c1-31-23(28)6-4-2-3-5-21-15-20(17-27(21)16-18-11-13-25-14-12-18)26-32(29,30)22-9-7-19(24)8-10-22/h3,5,7-14,20-21,26H,2,4,6,15-17H2,1H3/b5-3-/t20-,21-/m1/s1. The molecule has 172 valence electrons. The summed E-state index contributed by atoms with van der Waals surface area (Å²) in [7, 11) is -2.25. The number of aromatic nitrogens is 1. The molecule has 3 rings (SSSR count). The van der Waals surface area contributed by atoms with Gasteiger partial charge in [-0.05, 0) is 61.2 Å². The van der Waals surface area contributed by atoms with Crippen LogP contribution >= 0.6 is 11.6 Å². The molecule has 1 aromatic heterocycles. The Kier molecular flexibility index (Phi) is 8.81. The zero-order valence-electron chi connectivity index (χ0n) is 18.0. The number of rotatable bonds is 10. The van der Waals surface area contributed by atoms with Crippen molar-refractivity contribution in [2.45, 2.75) is 49.2 Å². The van der Waals surface area contributed by atoms with Crippen LogP contribution < -0.4 is 4.72 Å². The fourth-order valence-corrected chi connectivity index (χ4v) is 5.11. The number of carbonyl (C=O) groups excluding carboxylic acids is 1. The summed E-state index contributed by atoms with van der Waals surface area (Å²) < 4.78 is 33.1. The molecular formula is C23H28ClN3O4S. The molecule has 1 aliphatic heterocycles. The lowest BCUT2D eigenvalue weighted by Gasteiger charge is -2.21. The average molecular weight is 478 g/mol. The van der Waals surface area contributed by atoms with E-state index in [2.05, 4.69) is 31.5 Å². The van der Waals surface area contributed by atoms with Gasteiger partial charge in [0.05, 0.1) is 12.0 Å². The summed E-state index contributed by atoms with van der Waals surface area (Å²) in [5, 5.41) is 0.491. The van der Waals surface area contributed by atoms with Crippen LogP contribution in [0, 0.1) is 0 Å². The Morgan fingerprint density at radius 2 is 1.97 bits per heavy atom. The number of ether oxygens (including phenoxy) is 1. The summed E-state index contributed by atoms with van der Waals surface area (Å²) in [6.07, 6.45) is 10.2. The Morgan fingerprint density at radius 1 is 1.25 bits per heavy atom. The number of carbonyl (C=O) groups is 1. The second-order valence-corrected chi connectivity index (χ2v) is 9.91. The van der Waals surface area contributed by atoms with Gasteiger partial charge in [0.2, 0.25) is 10.0 Å². The van der Waals surface area contributed by atoms with E-state index in [1.165, 1.54) is 19.2 Å². The second-order valence-electron chi connectivity index (χ2n) is 7.76. The minimum atomic E-state index is -3.64. The molecule has 1 aliphatic rings. The molecule has 1 aromatic carbocycles. The number of benzene rings is 1. The van der Waals surface area contributed by atoms with Crippen molar-refractivity contribution < 1.29 is 17.9 Å². The van der Waals surface area contributed by atoms with Gasteiger partial charge in [-0.3, -0.25) is 14.7 Å². The van der Waals surface area contributed by atoms with Gasteiger partial charge in [0.15, 0.2) is 0 Å². The number of likely N-dealkylation sites (tertiary alicyclic amines) is 1. The minimum Gasteiger partial charge on any atom is -0.469 e. The number of halogens is 1. The van der Waals surface area contributed by atoms with Crippen molar-refractivity contribution in [2.24, 2.45) is 0 Å². The molecule has 2 aromatic rings. The molecule has 1 fully saturated rings. The first-order valence-electron chi connectivity index (χ1n) is 10.5. The van der Waals surface area contributed by atoms with E-state index in [1.807, 2.05) is 12.1 Å². The molecule has 2 atom stereocenters. The first kappa shape index (κ1) is 24.4. The van der Waals surface area contributed by atoms with Crippen LogP contribution in [0.1, 0.15) is 31.2 Å². The topological polar surface area (TPSA) is 88.6 Å². The van der Waals surface area contributed by atoms with Crippen LogP contribution in [0.5, 0.6) is 0 Å². The van der Waals surface area contributed by atoms with Crippen LogP contribution in [0.25, 0.3) is 0 Å². The molecule has 0 amide bonds. The summed E-state index contributed by atoms with van der Waals surface area (Å²) in [5.41, 5.74) is 1.12. The highest BCUT2D eigenvalue weighted by Gasteiger charge is 2.33. The Labute approximate surface area is 194 Å². The number of esters is 1. The van der Waals surface area contributed by atoms with E-state index >= 15 is 0 Å². The van der Waals surface area contributed by atoms with Crippen molar-refractivity contribution in [1.29, 1.82) is 0 Å². The quantitative estimate of drug-likeness (QED) is 0.320. The maximum absolute atomic E-state index is 12.8. The molecule has 7 nitrogen and oxygen atoms in total. The molecule has 0 saturated carbocycles. The van der Waals surface area contributed by atoms with Crippen molar-refractivity contribution in [3.63, 3.8) is 0 Å². The van der Waals surface area contributed by atoms with Crippen LogP contribution in [0.4, 0.5) is 0 Å². The smallest absolute Gasteiger partial charge is 0.305 e. The second kappa shape index (κ2) is 11.6. The highest BCUT2D eigenvalue weighted by molar-refractivity contribution is 7.89. The number of sulfonamides is 1. The van der Waals surface area contributed by atoms with Crippen molar-refractivity contribution in [3.05, 3.63) is 71.5 Å². The lowest BCUT2D eigenvalue weighted by molar-refractivity contribution is -0.140. The molecule has 0 spiro atoms. The predicted octanol–water partition coefficient (Wildman–Crippen LogP) is 3.56. The van der Waals surface area contributed by atoms with Gasteiger partial charge in [-0.1, -0.05) is 23.8 Å². The molecule has 9 heteroatoms. The lowest BCUT2D eigenvalue weighted by atomic mass is 10.1. The highest BCUT2D eigenvalue weighted by atomic mass is 35.5. The lowest BCUT2D eigenvalue weighted by Crippen LogP contribution is -2.37. The zero-order chi connectivity index (χ0) is 23.0. The third kappa shape index (κ3) is 7.13. The van der Waals surface area contributed by atoms with Gasteiger partial charge in [-0.25, -0.2) is 13.1 Å². The van der Waals surface area contributed by atoms with E-state index in [1.54, 1.807) is 24.5 Å². The van der Waals surface area contributed by atoms with Crippen LogP contribution in [-0.4, -0.2) is 50.0 Å². The van der Waals surface area contributed by atoms with Gasteiger partial charge in [0.25, 0.3) is 0 Å². The average Bonchev–Trinajstić information content (AvgIpc) is 3.14.